The average molecular weight is 264 g/mol. The molecular weight excluding hydrogens is 242 g/mol. The van der Waals surface area contributed by atoms with Crippen molar-refractivity contribution in [2.45, 2.75) is 51.9 Å². The van der Waals surface area contributed by atoms with Gasteiger partial charge in [-0.15, -0.1) is 0 Å². The Labute approximate surface area is 114 Å². The molecule has 0 heterocycles. The molecule has 0 saturated heterocycles. The van der Waals surface area contributed by atoms with Crippen LogP contribution in [0.15, 0.2) is 24.3 Å². The van der Waals surface area contributed by atoms with Gasteiger partial charge in [0.15, 0.2) is 0 Å². The van der Waals surface area contributed by atoms with Gasteiger partial charge in [-0.25, -0.2) is 8.78 Å². The van der Waals surface area contributed by atoms with Crippen molar-refractivity contribution in [1.29, 1.82) is 0 Å². The highest BCUT2D eigenvalue weighted by Crippen LogP contribution is 2.36. The van der Waals surface area contributed by atoms with E-state index in [1.165, 1.54) is 38.3 Å². The summed E-state index contributed by atoms with van der Waals surface area (Å²) in [7, 11) is 0. The van der Waals surface area contributed by atoms with Gasteiger partial charge in [-0.1, -0.05) is 31.9 Å². The van der Waals surface area contributed by atoms with Crippen LogP contribution in [0.5, 0.6) is 0 Å². The molecule has 0 aromatic heterocycles. The smallest absolute Gasteiger partial charge is 0.129 e. The van der Waals surface area contributed by atoms with Crippen LogP contribution in [0.4, 0.5) is 8.78 Å². The van der Waals surface area contributed by atoms with E-state index in [1.54, 1.807) is 0 Å². The summed E-state index contributed by atoms with van der Waals surface area (Å²) < 4.78 is 26.9. The van der Waals surface area contributed by atoms with Crippen molar-refractivity contribution in [2.24, 2.45) is 5.92 Å². The van der Waals surface area contributed by atoms with E-state index >= 15 is 0 Å². The van der Waals surface area contributed by atoms with Gasteiger partial charge in [-0.3, -0.25) is 0 Å². The zero-order valence-corrected chi connectivity index (χ0v) is 11.8. The van der Waals surface area contributed by atoms with E-state index in [-0.39, 0.29) is 5.56 Å². The summed E-state index contributed by atoms with van der Waals surface area (Å²) in [5.74, 6) is 0.291. The van der Waals surface area contributed by atoms with Crippen LogP contribution in [0.2, 0.25) is 0 Å². The first-order valence-corrected chi connectivity index (χ1v) is 7.18. The van der Waals surface area contributed by atoms with Gasteiger partial charge in [0.25, 0.3) is 0 Å². The molecule has 1 fully saturated rings. The predicted molar refractivity (Wildman–Crippen MR) is 75.2 cm³/mol. The molecule has 3 rings (SSSR count). The summed E-state index contributed by atoms with van der Waals surface area (Å²) in [6.07, 6.45) is 9.95. The van der Waals surface area contributed by atoms with E-state index in [0.29, 0.717) is 5.92 Å². The zero-order valence-electron chi connectivity index (χ0n) is 11.8. The molecule has 0 bridgehead atoms. The molecule has 19 heavy (non-hydrogen) atoms. The zero-order chi connectivity index (χ0) is 13.8. The molecule has 0 atom stereocenters. The van der Waals surface area contributed by atoms with E-state index in [2.05, 4.69) is 19.1 Å². The Balaban J connectivity index is 0.000000390. The Morgan fingerprint density at radius 2 is 1.42 bits per heavy atom. The van der Waals surface area contributed by atoms with Crippen molar-refractivity contribution in [3.63, 3.8) is 0 Å². The van der Waals surface area contributed by atoms with Crippen LogP contribution >= 0.6 is 0 Å². The Morgan fingerprint density at radius 3 is 1.84 bits per heavy atom. The average Bonchev–Trinajstić information content (AvgIpc) is 3.24. The van der Waals surface area contributed by atoms with Crippen LogP contribution in [0, 0.1) is 24.5 Å². The molecule has 0 spiro atoms. The molecule has 0 aliphatic heterocycles. The van der Waals surface area contributed by atoms with Crippen LogP contribution in [-0.4, -0.2) is 0 Å². The molecule has 2 aliphatic carbocycles. The molecule has 0 radical (unpaired) electrons. The summed E-state index contributed by atoms with van der Waals surface area (Å²) >= 11 is 0. The second kappa shape index (κ2) is 6.31. The van der Waals surface area contributed by atoms with Crippen molar-refractivity contribution >= 4 is 0 Å². The van der Waals surface area contributed by atoms with E-state index in [4.69, 9.17) is 0 Å². The Kier molecular flexibility index (Phi) is 4.73. The van der Waals surface area contributed by atoms with Crippen molar-refractivity contribution in [2.75, 3.05) is 0 Å². The summed E-state index contributed by atoms with van der Waals surface area (Å²) in [6, 6.07) is 3.03. The molecule has 0 N–H and O–H groups in total. The standard InChI is InChI=1S/C14H18F2.C3H4/c1-9-3-5-11(6-4-9)12-7-13(15)10(2)14(16)8-12;1-2-3-1/h7-9,11H,3-6H2,1-2H3;1-2H,3H2. The minimum absolute atomic E-state index is 0.132. The van der Waals surface area contributed by atoms with E-state index < -0.39 is 11.6 Å². The summed E-state index contributed by atoms with van der Waals surface area (Å²) in [6.45, 7) is 3.73. The van der Waals surface area contributed by atoms with Crippen LogP contribution in [0.1, 0.15) is 56.1 Å². The van der Waals surface area contributed by atoms with Crippen LogP contribution in [0.3, 0.4) is 0 Å². The maximum atomic E-state index is 13.4. The van der Waals surface area contributed by atoms with Gasteiger partial charge in [-0.05, 0) is 55.7 Å². The lowest BCUT2D eigenvalue weighted by Crippen LogP contribution is -2.11. The normalized spacial score (nSPS) is 24.6. The third-order valence-electron chi connectivity index (χ3n) is 4.03. The molecule has 0 unspecified atom stereocenters. The fourth-order valence-electron chi connectivity index (χ4n) is 2.49. The second-order valence-electron chi connectivity index (χ2n) is 5.77. The van der Waals surface area contributed by atoms with Crippen molar-refractivity contribution in [3.8, 4) is 0 Å². The van der Waals surface area contributed by atoms with E-state index in [1.807, 2.05) is 0 Å². The lowest BCUT2D eigenvalue weighted by molar-refractivity contribution is 0.346. The highest BCUT2D eigenvalue weighted by Gasteiger charge is 2.21. The molecule has 0 amide bonds. The Bertz CT molecular complexity index is 427. The highest BCUT2D eigenvalue weighted by atomic mass is 19.1. The lowest BCUT2D eigenvalue weighted by atomic mass is 9.79. The molecule has 0 nitrogen and oxygen atoms in total. The first-order chi connectivity index (χ1) is 9.08. The van der Waals surface area contributed by atoms with E-state index in [9.17, 15) is 8.78 Å². The van der Waals surface area contributed by atoms with Crippen molar-refractivity contribution in [1.82, 2.24) is 0 Å². The predicted octanol–water partition coefficient (Wildman–Crippen LogP) is 5.51. The van der Waals surface area contributed by atoms with Gasteiger partial charge in [-0.2, -0.15) is 0 Å². The summed E-state index contributed by atoms with van der Waals surface area (Å²) in [4.78, 5) is 0. The molecule has 2 aliphatic rings. The quantitative estimate of drug-likeness (QED) is 0.586. The minimum atomic E-state index is -0.409. The van der Waals surface area contributed by atoms with Crippen LogP contribution in [-0.2, 0) is 0 Å². The lowest BCUT2D eigenvalue weighted by Gasteiger charge is -2.26. The van der Waals surface area contributed by atoms with Gasteiger partial charge in [0, 0.05) is 5.56 Å². The number of allylic oxidation sites excluding steroid dienone is 2. The fourth-order valence-corrected chi connectivity index (χ4v) is 2.49. The molecular formula is C17H22F2. The Hall–Kier alpha value is -1.18. The number of hydrogen-bond acceptors (Lipinski definition) is 0. The van der Waals surface area contributed by atoms with Crippen molar-refractivity contribution in [3.05, 3.63) is 47.0 Å². The fraction of sp³-hybridized carbons (Fsp3) is 0.529. The van der Waals surface area contributed by atoms with Gasteiger partial charge in [0.2, 0.25) is 0 Å². The van der Waals surface area contributed by atoms with E-state index in [0.717, 1.165) is 24.3 Å². The number of halogens is 2. The molecule has 1 aromatic rings. The monoisotopic (exact) mass is 264 g/mol. The highest BCUT2D eigenvalue weighted by molar-refractivity contribution is 5.28. The van der Waals surface area contributed by atoms with Gasteiger partial charge >= 0.3 is 0 Å². The van der Waals surface area contributed by atoms with Crippen LogP contribution in [0.25, 0.3) is 0 Å². The third kappa shape index (κ3) is 4.15. The maximum Gasteiger partial charge on any atom is 0.129 e. The molecule has 104 valence electrons. The van der Waals surface area contributed by atoms with Gasteiger partial charge in [0.05, 0.1) is 0 Å². The number of hydrogen-bond donors (Lipinski definition) is 0. The number of benzene rings is 1. The Morgan fingerprint density at radius 1 is 0.947 bits per heavy atom. The molecule has 2 heteroatoms. The minimum Gasteiger partial charge on any atom is -0.207 e. The summed E-state index contributed by atoms with van der Waals surface area (Å²) in [5.41, 5.74) is 0.973. The maximum absolute atomic E-state index is 13.4. The van der Waals surface area contributed by atoms with Crippen LogP contribution < -0.4 is 0 Å². The van der Waals surface area contributed by atoms with Crippen molar-refractivity contribution < 1.29 is 8.78 Å². The number of rotatable bonds is 1. The molecule has 1 saturated carbocycles. The summed E-state index contributed by atoms with van der Waals surface area (Å²) in [5, 5.41) is 0. The topological polar surface area (TPSA) is 0 Å². The van der Waals surface area contributed by atoms with Gasteiger partial charge < -0.3 is 0 Å². The third-order valence-corrected chi connectivity index (χ3v) is 4.03. The second-order valence-corrected chi connectivity index (χ2v) is 5.77. The first-order valence-electron chi connectivity index (χ1n) is 7.18. The first kappa shape index (κ1) is 14.2. The molecule has 1 aromatic carbocycles. The largest absolute Gasteiger partial charge is 0.207 e. The SMILES string of the molecule is C1=CC1.Cc1c(F)cc(C2CCC(C)CC2)cc1F. The van der Waals surface area contributed by atoms with Gasteiger partial charge in [0.1, 0.15) is 11.6 Å².